The summed E-state index contributed by atoms with van der Waals surface area (Å²) in [6.45, 7) is 8.47. The van der Waals surface area contributed by atoms with Crippen LogP contribution in [0.15, 0.2) is 0 Å². The Labute approximate surface area is 144 Å². The standard InChI is InChI=1S/C18H32FNO4/c1-5-8-14(19)15-11-13(23-16-9-6-7-10-22-16)12-20(15)17(21)24-18(2,3)4/h13-16H,5-12H2,1-4H3/t13-,14?,15+,16?/m1/s1. The number of halogens is 1. The lowest BCUT2D eigenvalue weighted by atomic mass is 10.0. The summed E-state index contributed by atoms with van der Waals surface area (Å²) in [4.78, 5) is 14.0. The van der Waals surface area contributed by atoms with Crippen molar-refractivity contribution in [1.82, 2.24) is 4.90 Å². The van der Waals surface area contributed by atoms with Crippen molar-refractivity contribution in [3.63, 3.8) is 0 Å². The van der Waals surface area contributed by atoms with Gasteiger partial charge in [0.05, 0.1) is 18.7 Å². The Bertz CT molecular complexity index is 406. The van der Waals surface area contributed by atoms with Gasteiger partial charge in [-0.1, -0.05) is 13.3 Å². The van der Waals surface area contributed by atoms with Crippen molar-refractivity contribution >= 4 is 6.09 Å². The molecule has 140 valence electrons. The lowest BCUT2D eigenvalue weighted by Crippen LogP contribution is -2.44. The van der Waals surface area contributed by atoms with Gasteiger partial charge in [0, 0.05) is 6.61 Å². The molecule has 0 aromatic heterocycles. The summed E-state index contributed by atoms with van der Waals surface area (Å²) in [5.41, 5.74) is -0.594. The molecular formula is C18H32FNO4. The molecule has 0 spiro atoms. The Morgan fingerprint density at radius 1 is 1.38 bits per heavy atom. The molecule has 24 heavy (non-hydrogen) atoms. The average Bonchev–Trinajstić information content (AvgIpc) is 2.91. The molecule has 0 aromatic carbocycles. The van der Waals surface area contributed by atoms with Crippen molar-refractivity contribution in [1.29, 1.82) is 0 Å². The first kappa shape index (κ1) is 19.4. The molecule has 0 bridgehead atoms. The van der Waals surface area contributed by atoms with Gasteiger partial charge in [-0.25, -0.2) is 9.18 Å². The first-order valence-corrected chi connectivity index (χ1v) is 9.21. The van der Waals surface area contributed by atoms with Gasteiger partial charge in [-0.15, -0.1) is 0 Å². The molecule has 0 aromatic rings. The third-order valence-corrected chi connectivity index (χ3v) is 4.40. The number of amides is 1. The van der Waals surface area contributed by atoms with Gasteiger partial charge in [0.15, 0.2) is 6.29 Å². The maximum absolute atomic E-state index is 14.6. The van der Waals surface area contributed by atoms with Crippen molar-refractivity contribution in [2.75, 3.05) is 13.2 Å². The third kappa shape index (κ3) is 5.59. The van der Waals surface area contributed by atoms with Crippen LogP contribution in [0.25, 0.3) is 0 Å². The minimum absolute atomic E-state index is 0.194. The summed E-state index contributed by atoms with van der Waals surface area (Å²) in [5, 5.41) is 0. The van der Waals surface area contributed by atoms with Gasteiger partial charge in [0.1, 0.15) is 11.8 Å². The summed E-state index contributed by atoms with van der Waals surface area (Å²) >= 11 is 0. The summed E-state index contributed by atoms with van der Waals surface area (Å²) in [5.74, 6) is 0. The van der Waals surface area contributed by atoms with Crippen LogP contribution in [0.5, 0.6) is 0 Å². The van der Waals surface area contributed by atoms with Gasteiger partial charge in [-0.2, -0.15) is 0 Å². The Kier molecular flexibility index (Phi) is 6.87. The second-order valence-corrected chi connectivity index (χ2v) is 7.79. The molecule has 4 atom stereocenters. The van der Waals surface area contributed by atoms with Crippen LogP contribution in [0.3, 0.4) is 0 Å². The number of alkyl halides is 1. The second-order valence-electron chi connectivity index (χ2n) is 7.79. The molecule has 0 aliphatic carbocycles. The molecule has 2 rings (SSSR count). The van der Waals surface area contributed by atoms with Crippen LogP contribution in [0.4, 0.5) is 9.18 Å². The van der Waals surface area contributed by atoms with Crippen LogP contribution in [0, 0.1) is 0 Å². The number of hydrogen-bond donors (Lipinski definition) is 0. The fraction of sp³-hybridized carbons (Fsp3) is 0.944. The maximum Gasteiger partial charge on any atom is 0.410 e. The zero-order chi connectivity index (χ0) is 17.7. The highest BCUT2D eigenvalue weighted by Crippen LogP contribution is 2.30. The molecular weight excluding hydrogens is 313 g/mol. The van der Waals surface area contributed by atoms with E-state index in [1.165, 1.54) is 4.90 Å². The largest absolute Gasteiger partial charge is 0.444 e. The van der Waals surface area contributed by atoms with Crippen molar-refractivity contribution in [2.24, 2.45) is 0 Å². The predicted octanol–water partition coefficient (Wildman–Crippen LogP) is 4.05. The lowest BCUT2D eigenvalue weighted by Gasteiger charge is -2.30. The van der Waals surface area contributed by atoms with E-state index in [9.17, 15) is 9.18 Å². The molecule has 6 heteroatoms. The van der Waals surface area contributed by atoms with E-state index < -0.39 is 23.9 Å². The fourth-order valence-corrected chi connectivity index (χ4v) is 3.30. The molecule has 0 radical (unpaired) electrons. The highest BCUT2D eigenvalue weighted by Gasteiger charge is 2.42. The number of rotatable bonds is 5. The van der Waals surface area contributed by atoms with Gasteiger partial charge in [-0.3, -0.25) is 4.90 Å². The Balaban J connectivity index is 2.00. The van der Waals surface area contributed by atoms with Crippen molar-refractivity contribution in [3.05, 3.63) is 0 Å². The fourth-order valence-electron chi connectivity index (χ4n) is 3.30. The second kappa shape index (κ2) is 8.48. The summed E-state index contributed by atoms with van der Waals surface area (Å²) in [6.07, 6.45) is 2.76. The minimum atomic E-state index is -1.05. The SMILES string of the molecule is CCCC(F)[C@@H]1C[C@@H](OC2CCCCO2)CN1C(=O)OC(C)(C)C. The smallest absolute Gasteiger partial charge is 0.410 e. The van der Waals surface area contributed by atoms with Gasteiger partial charge < -0.3 is 14.2 Å². The molecule has 2 unspecified atom stereocenters. The number of nitrogens with zero attached hydrogens (tertiary/aromatic N) is 1. The molecule has 0 saturated carbocycles. The van der Waals surface area contributed by atoms with Crippen LogP contribution in [0.2, 0.25) is 0 Å². The molecule has 1 amide bonds. The molecule has 5 nitrogen and oxygen atoms in total. The zero-order valence-corrected chi connectivity index (χ0v) is 15.4. The van der Waals surface area contributed by atoms with E-state index in [0.29, 0.717) is 26.0 Å². The van der Waals surface area contributed by atoms with Crippen LogP contribution < -0.4 is 0 Å². The van der Waals surface area contributed by atoms with Crippen molar-refractivity contribution in [3.8, 4) is 0 Å². The Morgan fingerprint density at radius 3 is 2.71 bits per heavy atom. The molecule has 2 fully saturated rings. The molecule has 0 N–H and O–H groups in total. The highest BCUT2D eigenvalue weighted by atomic mass is 19.1. The van der Waals surface area contributed by atoms with Crippen molar-refractivity contribution in [2.45, 2.75) is 96.4 Å². The molecule has 2 aliphatic heterocycles. The van der Waals surface area contributed by atoms with Crippen molar-refractivity contribution < 1.29 is 23.4 Å². The van der Waals surface area contributed by atoms with Gasteiger partial charge in [0.25, 0.3) is 0 Å². The van der Waals surface area contributed by atoms with E-state index in [0.717, 1.165) is 25.7 Å². The van der Waals surface area contributed by atoms with E-state index >= 15 is 0 Å². The topological polar surface area (TPSA) is 48.0 Å². The number of hydrogen-bond acceptors (Lipinski definition) is 4. The normalized spacial score (nSPS) is 29.5. The van der Waals surface area contributed by atoms with Crippen LogP contribution in [0.1, 0.15) is 66.2 Å². The summed E-state index contributed by atoms with van der Waals surface area (Å²) < 4.78 is 31.6. The molecule has 2 saturated heterocycles. The van der Waals surface area contributed by atoms with Crippen LogP contribution >= 0.6 is 0 Å². The van der Waals surface area contributed by atoms with Gasteiger partial charge >= 0.3 is 6.09 Å². The first-order chi connectivity index (χ1) is 11.3. The Morgan fingerprint density at radius 2 is 2.12 bits per heavy atom. The first-order valence-electron chi connectivity index (χ1n) is 9.21. The number of likely N-dealkylation sites (tertiary alicyclic amines) is 1. The van der Waals surface area contributed by atoms with Crippen LogP contribution in [-0.2, 0) is 14.2 Å². The van der Waals surface area contributed by atoms with Gasteiger partial charge in [0.2, 0.25) is 0 Å². The zero-order valence-electron chi connectivity index (χ0n) is 15.4. The van der Waals surface area contributed by atoms with E-state index in [1.54, 1.807) is 0 Å². The summed E-state index contributed by atoms with van der Waals surface area (Å²) in [7, 11) is 0. The number of carbonyl (C=O) groups excluding carboxylic acids is 1. The average molecular weight is 345 g/mol. The molecule has 2 heterocycles. The third-order valence-electron chi connectivity index (χ3n) is 4.40. The predicted molar refractivity (Wildman–Crippen MR) is 89.6 cm³/mol. The molecule has 2 aliphatic rings. The van der Waals surface area contributed by atoms with E-state index in [4.69, 9.17) is 14.2 Å². The van der Waals surface area contributed by atoms with E-state index in [2.05, 4.69) is 0 Å². The quantitative estimate of drug-likeness (QED) is 0.754. The number of carbonyl (C=O) groups is 1. The van der Waals surface area contributed by atoms with Crippen LogP contribution in [-0.4, -0.2) is 54.4 Å². The number of ether oxygens (including phenoxy) is 3. The summed E-state index contributed by atoms with van der Waals surface area (Å²) in [6, 6.07) is -0.478. The van der Waals surface area contributed by atoms with E-state index in [1.807, 2.05) is 27.7 Å². The van der Waals surface area contributed by atoms with Gasteiger partial charge in [-0.05, 0) is 52.9 Å². The Hall–Kier alpha value is -0.880. The lowest BCUT2D eigenvalue weighted by molar-refractivity contribution is -0.185. The maximum atomic E-state index is 14.6. The van der Waals surface area contributed by atoms with E-state index in [-0.39, 0.29) is 12.4 Å². The monoisotopic (exact) mass is 345 g/mol. The minimum Gasteiger partial charge on any atom is -0.444 e. The highest BCUT2D eigenvalue weighted by molar-refractivity contribution is 5.69.